The summed E-state index contributed by atoms with van der Waals surface area (Å²) in [4.78, 5) is 24.8. The molecular formula is C20H25FN4O2. The van der Waals surface area contributed by atoms with Gasteiger partial charge in [0, 0.05) is 38.2 Å². The fraction of sp³-hybridized carbons (Fsp3) is 0.450. The average Bonchev–Trinajstić information content (AvgIpc) is 2.64. The quantitative estimate of drug-likeness (QED) is 0.803. The second kappa shape index (κ2) is 8.33. The zero-order valence-electron chi connectivity index (χ0n) is 16.0. The highest BCUT2D eigenvalue weighted by Crippen LogP contribution is 2.26. The second-order valence-electron chi connectivity index (χ2n) is 6.86. The highest BCUT2D eigenvalue weighted by atomic mass is 19.1. The molecule has 0 unspecified atom stereocenters. The first-order valence-corrected chi connectivity index (χ1v) is 9.28. The molecule has 1 aliphatic rings. The van der Waals surface area contributed by atoms with Gasteiger partial charge in [-0.15, -0.1) is 0 Å². The van der Waals surface area contributed by atoms with Crippen molar-refractivity contribution in [1.29, 1.82) is 0 Å². The topological polar surface area (TPSA) is 58.6 Å². The molecule has 1 aromatic carbocycles. The molecule has 6 nitrogen and oxygen atoms in total. The highest BCUT2D eigenvalue weighted by molar-refractivity contribution is 5.76. The normalized spacial score (nSPS) is 17.1. The number of amides is 1. The molecule has 2 aromatic rings. The number of anilines is 1. The molecule has 1 aliphatic heterocycles. The van der Waals surface area contributed by atoms with Gasteiger partial charge in [0.25, 0.3) is 0 Å². The van der Waals surface area contributed by atoms with Gasteiger partial charge in [0.15, 0.2) is 0 Å². The maximum absolute atomic E-state index is 13.3. The minimum atomic E-state index is -0.298. The third kappa shape index (κ3) is 4.53. The molecule has 27 heavy (non-hydrogen) atoms. The Balaban J connectivity index is 1.70. The molecule has 7 heteroatoms. The molecule has 1 aromatic heterocycles. The standard InChI is InChI=1S/C20H25FN4O2/c1-4-5-20(26)25-9-8-24(12-15(25)3)18-11-19(23-13-22-18)27-17-7-6-16(21)10-14(17)2/h6-7,10-11,13,15H,4-5,8-9,12H2,1-3H3/t15-/m1/s1. The number of ether oxygens (including phenoxy) is 1. The van der Waals surface area contributed by atoms with Crippen LogP contribution in [0.25, 0.3) is 0 Å². The van der Waals surface area contributed by atoms with Crippen molar-refractivity contribution in [3.05, 3.63) is 42.0 Å². The predicted molar refractivity (Wildman–Crippen MR) is 102 cm³/mol. The summed E-state index contributed by atoms with van der Waals surface area (Å²) in [5.74, 6) is 1.64. The Labute approximate surface area is 159 Å². The van der Waals surface area contributed by atoms with E-state index in [1.54, 1.807) is 19.1 Å². The number of carbonyl (C=O) groups is 1. The van der Waals surface area contributed by atoms with Gasteiger partial charge in [-0.3, -0.25) is 4.79 Å². The lowest BCUT2D eigenvalue weighted by Gasteiger charge is -2.40. The van der Waals surface area contributed by atoms with E-state index in [9.17, 15) is 9.18 Å². The number of hydrogen-bond acceptors (Lipinski definition) is 5. The lowest BCUT2D eigenvalue weighted by molar-refractivity contribution is -0.133. The zero-order valence-corrected chi connectivity index (χ0v) is 16.0. The number of halogens is 1. The molecule has 0 radical (unpaired) electrons. The van der Waals surface area contributed by atoms with Crippen molar-refractivity contribution in [3.63, 3.8) is 0 Å². The van der Waals surface area contributed by atoms with E-state index in [0.29, 0.717) is 43.2 Å². The molecule has 0 saturated carbocycles. The Kier molecular flexibility index (Phi) is 5.88. The average molecular weight is 372 g/mol. The van der Waals surface area contributed by atoms with E-state index in [2.05, 4.69) is 21.8 Å². The van der Waals surface area contributed by atoms with Crippen LogP contribution in [0.4, 0.5) is 10.2 Å². The van der Waals surface area contributed by atoms with Crippen LogP contribution in [0, 0.1) is 12.7 Å². The number of carbonyl (C=O) groups excluding carboxylic acids is 1. The molecule has 144 valence electrons. The van der Waals surface area contributed by atoms with Crippen molar-refractivity contribution in [2.75, 3.05) is 24.5 Å². The smallest absolute Gasteiger partial charge is 0.224 e. The van der Waals surface area contributed by atoms with Crippen LogP contribution in [-0.2, 0) is 4.79 Å². The van der Waals surface area contributed by atoms with Crippen LogP contribution in [-0.4, -0.2) is 46.5 Å². The largest absolute Gasteiger partial charge is 0.439 e. The first-order valence-electron chi connectivity index (χ1n) is 9.28. The molecule has 1 atom stereocenters. The maximum atomic E-state index is 13.3. The summed E-state index contributed by atoms with van der Waals surface area (Å²) in [6, 6.07) is 6.27. The molecule has 1 fully saturated rings. The lowest BCUT2D eigenvalue weighted by atomic mass is 10.1. The number of nitrogens with zero attached hydrogens (tertiary/aromatic N) is 4. The van der Waals surface area contributed by atoms with E-state index < -0.39 is 0 Å². The van der Waals surface area contributed by atoms with Crippen LogP contribution in [0.5, 0.6) is 11.6 Å². The minimum absolute atomic E-state index is 0.122. The summed E-state index contributed by atoms with van der Waals surface area (Å²) in [7, 11) is 0. The van der Waals surface area contributed by atoms with Gasteiger partial charge in [0.1, 0.15) is 23.7 Å². The summed E-state index contributed by atoms with van der Waals surface area (Å²) in [6.45, 7) is 7.96. The molecule has 0 aliphatic carbocycles. The first kappa shape index (κ1) is 19.1. The Hall–Kier alpha value is -2.70. The number of piperazine rings is 1. The molecule has 1 amide bonds. The molecule has 1 saturated heterocycles. The van der Waals surface area contributed by atoms with Gasteiger partial charge in [-0.1, -0.05) is 6.92 Å². The molecular weight excluding hydrogens is 347 g/mol. The Bertz CT molecular complexity index is 814. The van der Waals surface area contributed by atoms with Crippen LogP contribution >= 0.6 is 0 Å². The minimum Gasteiger partial charge on any atom is -0.439 e. The van der Waals surface area contributed by atoms with E-state index in [-0.39, 0.29) is 17.8 Å². The number of aryl methyl sites for hydroxylation is 1. The van der Waals surface area contributed by atoms with E-state index in [0.717, 1.165) is 12.2 Å². The third-order valence-electron chi connectivity index (χ3n) is 4.71. The van der Waals surface area contributed by atoms with Gasteiger partial charge < -0.3 is 14.5 Å². The van der Waals surface area contributed by atoms with E-state index in [1.165, 1.54) is 18.5 Å². The van der Waals surface area contributed by atoms with Gasteiger partial charge in [0.2, 0.25) is 11.8 Å². The summed E-state index contributed by atoms with van der Waals surface area (Å²) >= 11 is 0. The van der Waals surface area contributed by atoms with Crippen LogP contribution in [0.1, 0.15) is 32.3 Å². The number of aromatic nitrogens is 2. The third-order valence-corrected chi connectivity index (χ3v) is 4.71. The van der Waals surface area contributed by atoms with Crippen LogP contribution in [0.2, 0.25) is 0 Å². The summed E-state index contributed by atoms with van der Waals surface area (Å²) < 4.78 is 19.1. The second-order valence-corrected chi connectivity index (χ2v) is 6.86. The highest BCUT2D eigenvalue weighted by Gasteiger charge is 2.27. The Morgan fingerprint density at radius 3 is 2.81 bits per heavy atom. The van der Waals surface area contributed by atoms with Crippen molar-refractivity contribution < 1.29 is 13.9 Å². The monoisotopic (exact) mass is 372 g/mol. The molecule has 3 rings (SSSR count). The molecule has 0 spiro atoms. The van der Waals surface area contributed by atoms with Crippen LogP contribution in [0.3, 0.4) is 0 Å². The zero-order chi connectivity index (χ0) is 19.4. The van der Waals surface area contributed by atoms with Crippen molar-refractivity contribution in [1.82, 2.24) is 14.9 Å². The lowest BCUT2D eigenvalue weighted by Crippen LogP contribution is -2.54. The number of hydrogen-bond donors (Lipinski definition) is 0. The maximum Gasteiger partial charge on any atom is 0.224 e. The van der Waals surface area contributed by atoms with Crippen LogP contribution in [0.15, 0.2) is 30.6 Å². The number of rotatable bonds is 5. The van der Waals surface area contributed by atoms with Gasteiger partial charge in [-0.25, -0.2) is 14.4 Å². The summed E-state index contributed by atoms with van der Waals surface area (Å²) in [6.07, 6.45) is 2.91. The molecule has 2 heterocycles. The van der Waals surface area contributed by atoms with E-state index >= 15 is 0 Å². The molecule has 0 N–H and O–H groups in total. The fourth-order valence-electron chi connectivity index (χ4n) is 3.29. The van der Waals surface area contributed by atoms with Crippen molar-refractivity contribution in [3.8, 4) is 11.6 Å². The fourth-order valence-corrected chi connectivity index (χ4v) is 3.29. The van der Waals surface area contributed by atoms with E-state index in [1.807, 2.05) is 11.8 Å². The van der Waals surface area contributed by atoms with Gasteiger partial charge in [-0.2, -0.15) is 0 Å². The van der Waals surface area contributed by atoms with Gasteiger partial charge >= 0.3 is 0 Å². The van der Waals surface area contributed by atoms with Crippen LogP contribution < -0.4 is 9.64 Å². The Morgan fingerprint density at radius 1 is 1.30 bits per heavy atom. The van der Waals surface area contributed by atoms with Gasteiger partial charge in [-0.05, 0) is 44.0 Å². The van der Waals surface area contributed by atoms with Crippen molar-refractivity contribution in [2.45, 2.75) is 39.7 Å². The van der Waals surface area contributed by atoms with Crippen molar-refractivity contribution >= 4 is 11.7 Å². The SMILES string of the molecule is CCCC(=O)N1CCN(c2cc(Oc3ccc(F)cc3C)ncn2)C[C@H]1C. The molecule has 0 bridgehead atoms. The summed E-state index contributed by atoms with van der Waals surface area (Å²) in [5.41, 5.74) is 0.701. The van der Waals surface area contributed by atoms with E-state index in [4.69, 9.17) is 4.74 Å². The van der Waals surface area contributed by atoms with Gasteiger partial charge in [0.05, 0.1) is 0 Å². The number of benzene rings is 1. The summed E-state index contributed by atoms with van der Waals surface area (Å²) in [5, 5.41) is 0. The van der Waals surface area contributed by atoms with Crippen molar-refractivity contribution in [2.24, 2.45) is 0 Å². The predicted octanol–water partition coefficient (Wildman–Crippen LogP) is 3.55. The Morgan fingerprint density at radius 2 is 2.11 bits per heavy atom. The first-order chi connectivity index (χ1) is 13.0.